The van der Waals surface area contributed by atoms with Crippen LogP contribution in [-0.4, -0.2) is 46.2 Å². The molecule has 0 radical (unpaired) electrons. The minimum atomic E-state index is -3.59. The number of ether oxygens (including phenoxy) is 1. The van der Waals surface area contributed by atoms with E-state index < -0.39 is 10.0 Å². The van der Waals surface area contributed by atoms with Gasteiger partial charge in [-0.05, 0) is 29.8 Å². The monoisotopic (exact) mass is 364 g/mol. The van der Waals surface area contributed by atoms with Crippen molar-refractivity contribution < 1.29 is 17.5 Å². The van der Waals surface area contributed by atoms with Gasteiger partial charge in [-0.2, -0.15) is 0 Å². The molecule has 0 unspecified atom stereocenters. The van der Waals surface area contributed by atoms with Gasteiger partial charge in [0.25, 0.3) is 0 Å². The van der Waals surface area contributed by atoms with E-state index in [9.17, 15) is 12.8 Å². The van der Waals surface area contributed by atoms with Gasteiger partial charge in [0, 0.05) is 25.7 Å². The Morgan fingerprint density at radius 3 is 2.32 bits per heavy atom. The van der Waals surface area contributed by atoms with Gasteiger partial charge in [0.2, 0.25) is 10.0 Å². The molecule has 25 heavy (non-hydrogen) atoms. The Morgan fingerprint density at radius 2 is 1.68 bits per heavy atom. The van der Waals surface area contributed by atoms with Crippen molar-refractivity contribution in [2.45, 2.75) is 10.9 Å². The van der Waals surface area contributed by atoms with Crippen molar-refractivity contribution in [1.29, 1.82) is 0 Å². The van der Waals surface area contributed by atoms with Crippen LogP contribution in [0.25, 0.3) is 0 Å². The minimum absolute atomic E-state index is 0.178. The van der Waals surface area contributed by atoms with Crippen LogP contribution in [0.4, 0.5) is 4.39 Å². The fourth-order valence-corrected chi connectivity index (χ4v) is 3.96. The van der Waals surface area contributed by atoms with E-state index in [4.69, 9.17) is 4.74 Å². The van der Waals surface area contributed by atoms with Crippen LogP contribution in [0.15, 0.2) is 59.5 Å². The van der Waals surface area contributed by atoms with Gasteiger partial charge < -0.3 is 4.74 Å². The maximum Gasteiger partial charge on any atom is 0.240 e. The van der Waals surface area contributed by atoms with Crippen LogP contribution < -0.4 is 4.72 Å². The number of benzene rings is 2. The van der Waals surface area contributed by atoms with Crippen molar-refractivity contribution in [2.75, 3.05) is 32.8 Å². The first-order valence-electron chi connectivity index (χ1n) is 8.18. The lowest BCUT2D eigenvalue weighted by Gasteiger charge is -2.34. The second kappa shape index (κ2) is 8.05. The third kappa shape index (κ3) is 4.64. The van der Waals surface area contributed by atoms with E-state index in [1.54, 1.807) is 42.5 Å². The first-order chi connectivity index (χ1) is 12.1. The zero-order chi connectivity index (χ0) is 17.7. The van der Waals surface area contributed by atoms with E-state index in [1.165, 1.54) is 12.1 Å². The second-order valence-electron chi connectivity index (χ2n) is 5.88. The lowest BCUT2D eigenvalue weighted by atomic mass is 10.0. The average Bonchev–Trinajstić information content (AvgIpc) is 2.65. The summed E-state index contributed by atoms with van der Waals surface area (Å²) >= 11 is 0. The normalized spacial score (nSPS) is 17.3. The molecule has 0 bridgehead atoms. The highest BCUT2D eigenvalue weighted by Crippen LogP contribution is 2.22. The Labute approximate surface area is 147 Å². The molecule has 0 saturated carbocycles. The topological polar surface area (TPSA) is 58.6 Å². The molecule has 0 amide bonds. The molecular weight excluding hydrogens is 343 g/mol. The Balaban J connectivity index is 1.79. The van der Waals surface area contributed by atoms with Crippen molar-refractivity contribution >= 4 is 10.0 Å². The van der Waals surface area contributed by atoms with Crippen molar-refractivity contribution in [2.24, 2.45) is 0 Å². The van der Waals surface area contributed by atoms with Crippen LogP contribution in [0, 0.1) is 5.82 Å². The predicted octanol–water partition coefficient (Wildman–Crippen LogP) is 2.18. The molecule has 7 heteroatoms. The van der Waals surface area contributed by atoms with Gasteiger partial charge >= 0.3 is 0 Å². The van der Waals surface area contributed by atoms with E-state index in [2.05, 4.69) is 9.62 Å². The van der Waals surface area contributed by atoms with E-state index in [0.717, 1.165) is 5.56 Å². The van der Waals surface area contributed by atoms with Crippen LogP contribution in [0.2, 0.25) is 0 Å². The summed E-state index contributed by atoms with van der Waals surface area (Å²) in [6, 6.07) is 14.3. The van der Waals surface area contributed by atoms with E-state index in [-0.39, 0.29) is 23.3 Å². The number of nitrogens with one attached hydrogen (secondary N) is 1. The molecule has 1 aliphatic rings. The number of nitrogens with zero attached hydrogens (tertiary/aromatic N) is 1. The molecule has 1 N–H and O–H groups in total. The number of morpholine rings is 1. The first kappa shape index (κ1) is 18.0. The summed E-state index contributed by atoms with van der Waals surface area (Å²) in [7, 11) is -3.59. The summed E-state index contributed by atoms with van der Waals surface area (Å²) in [5, 5.41) is 0. The molecule has 3 rings (SSSR count). The third-order valence-corrected chi connectivity index (χ3v) is 5.70. The first-order valence-corrected chi connectivity index (χ1v) is 9.66. The maximum atomic E-state index is 13.2. The summed E-state index contributed by atoms with van der Waals surface area (Å²) in [4.78, 5) is 2.39. The highest BCUT2D eigenvalue weighted by Gasteiger charge is 2.25. The Hall–Kier alpha value is -1.80. The van der Waals surface area contributed by atoms with Gasteiger partial charge in [0.15, 0.2) is 0 Å². The summed E-state index contributed by atoms with van der Waals surface area (Å²) in [6.45, 7) is 2.82. The van der Waals surface area contributed by atoms with Crippen LogP contribution in [0.3, 0.4) is 0 Å². The molecule has 2 aromatic carbocycles. The second-order valence-corrected chi connectivity index (χ2v) is 7.65. The van der Waals surface area contributed by atoms with E-state index in [1.807, 2.05) is 0 Å². The molecule has 0 aromatic heterocycles. The Kier molecular flexibility index (Phi) is 5.80. The quantitative estimate of drug-likeness (QED) is 0.854. The number of hydrogen-bond acceptors (Lipinski definition) is 4. The lowest BCUT2D eigenvalue weighted by Crippen LogP contribution is -2.43. The van der Waals surface area contributed by atoms with Gasteiger partial charge in [-0.3, -0.25) is 4.90 Å². The number of halogens is 1. The predicted molar refractivity (Wildman–Crippen MR) is 93.2 cm³/mol. The van der Waals surface area contributed by atoms with E-state index >= 15 is 0 Å². The maximum absolute atomic E-state index is 13.2. The smallest absolute Gasteiger partial charge is 0.240 e. The average molecular weight is 364 g/mol. The molecule has 1 heterocycles. The molecule has 1 aliphatic heterocycles. The lowest BCUT2D eigenvalue weighted by molar-refractivity contribution is 0.0172. The van der Waals surface area contributed by atoms with Crippen molar-refractivity contribution in [3.63, 3.8) is 0 Å². The molecular formula is C18H21FN2O3S. The molecule has 1 fully saturated rings. The SMILES string of the molecule is O=S(=O)(NC[C@@H](c1ccc(F)cc1)N1CCOCC1)c1ccccc1. The summed E-state index contributed by atoms with van der Waals surface area (Å²) in [6.07, 6.45) is 0. The molecule has 0 spiro atoms. The largest absolute Gasteiger partial charge is 0.379 e. The number of hydrogen-bond donors (Lipinski definition) is 1. The minimum Gasteiger partial charge on any atom is -0.379 e. The number of sulfonamides is 1. The fourth-order valence-electron chi connectivity index (χ4n) is 2.90. The number of rotatable bonds is 6. The molecule has 0 aliphatic carbocycles. The van der Waals surface area contributed by atoms with Gasteiger partial charge in [0.05, 0.1) is 18.1 Å². The van der Waals surface area contributed by atoms with Crippen LogP contribution in [0.5, 0.6) is 0 Å². The van der Waals surface area contributed by atoms with Crippen LogP contribution >= 0.6 is 0 Å². The van der Waals surface area contributed by atoms with Crippen LogP contribution in [0.1, 0.15) is 11.6 Å². The molecule has 1 atom stereocenters. The summed E-state index contributed by atoms with van der Waals surface area (Å²) in [5.74, 6) is -0.311. The highest BCUT2D eigenvalue weighted by molar-refractivity contribution is 7.89. The highest BCUT2D eigenvalue weighted by atomic mass is 32.2. The van der Waals surface area contributed by atoms with Gasteiger partial charge in [-0.15, -0.1) is 0 Å². The van der Waals surface area contributed by atoms with Gasteiger partial charge in [-0.25, -0.2) is 17.5 Å². The zero-order valence-corrected chi connectivity index (χ0v) is 14.6. The Morgan fingerprint density at radius 1 is 1.04 bits per heavy atom. The van der Waals surface area contributed by atoms with Crippen molar-refractivity contribution in [1.82, 2.24) is 9.62 Å². The van der Waals surface area contributed by atoms with Gasteiger partial charge in [0.1, 0.15) is 5.82 Å². The molecule has 2 aromatic rings. The third-order valence-electron chi connectivity index (χ3n) is 4.26. The van der Waals surface area contributed by atoms with E-state index in [0.29, 0.717) is 26.3 Å². The zero-order valence-electron chi connectivity index (χ0n) is 13.8. The summed E-state index contributed by atoms with van der Waals surface area (Å²) < 4.78 is 46.3. The molecule has 5 nitrogen and oxygen atoms in total. The standard InChI is InChI=1S/C18H21FN2O3S/c19-16-8-6-15(7-9-16)18(21-10-12-24-13-11-21)14-20-25(22,23)17-4-2-1-3-5-17/h1-9,18,20H,10-14H2/t18-/m0/s1. The van der Waals surface area contributed by atoms with Gasteiger partial charge in [-0.1, -0.05) is 30.3 Å². The summed E-state index contributed by atoms with van der Waals surface area (Å²) in [5.41, 5.74) is 0.874. The fraction of sp³-hybridized carbons (Fsp3) is 0.333. The Bertz CT molecular complexity index is 776. The van der Waals surface area contributed by atoms with Crippen LogP contribution in [-0.2, 0) is 14.8 Å². The van der Waals surface area contributed by atoms with Crippen molar-refractivity contribution in [3.8, 4) is 0 Å². The molecule has 1 saturated heterocycles. The molecule has 134 valence electrons. The van der Waals surface area contributed by atoms with Crippen molar-refractivity contribution in [3.05, 3.63) is 66.0 Å².